The first-order valence-electron chi connectivity index (χ1n) is 9.46. The van der Waals surface area contributed by atoms with Crippen molar-refractivity contribution >= 4 is 50.0 Å². The maximum absolute atomic E-state index is 13.3. The lowest BCUT2D eigenvalue weighted by Crippen LogP contribution is -2.23. The lowest BCUT2D eigenvalue weighted by molar-refractivity contribution is 0.572. The highest BCUT2D eigenvalue weighted by atomic mass is 79.9. The highest BCUT2D eigenvalue weighted by Crippen LogP contribution is 2.34. The van der Waals surface area contributed by atoms with Crippen molar-refractivity contribution in [1.29, 1.82) is 0 Å². The molecule has 6 nitrogen and oxygen atoms in total. The molecule has 3 heterocycles. The molecule has 0 aliphatic heterocycles. The zero-order valence-corrected chi connectivity index (χ0v) is 19.6. The summed E-state index contributed by atoms with van der Waals surface area (Å²) in [6.45, 7) is 1.97. The third-order valence-corrected chi connectivity index (χ3v) is 5.95. The highest BCUT2D eigenvalue weighted by Gasteiger charge is 2.19. The maximum atomic E-state index is 13.3. The fourth-order valence-corrected chi connectivity index (χ4v) is 4.96. The SMILES string of the molecule is Cc1cc(-c2cnco2)cc(-c2nn(-c3c(Cl)cc(Br)cc3Cl)c(=O)c3ncccc23)c1. The monoisotopic (exact) mass is 526 g/mol. The van der Waals surface area contributed by atoms with E-state index in [0.29, 0.717) is 27.0 Å². The van der Waals surface area contributed by atoms with E-state index in [0.717, 1.165) is 16.7 Å². The van der Waals surface area contributed by atoms with Crippen LogP contribution in [0.4, 0.5) is 0 Å². The summed E-state index contributed by atoms with van der Waals surface area (Å²) in [4.78, 5) is 21.6. The van der Waals surface area contributed by atoms with E-state index in [4.69, 9.17) is 27.6 Å². The van der Waals surface area contributed by atoms with Gasteiger partial charge in [0.25, 0.3) is 5.56 Å². The molecule has 0 aliphatic carbocycles. The van der Waals surface area contributed by atoms with Crippen LogP contribution in [-0.2, 0) is 0 Å². The number of benzene rings is 2. The molecule has 5 aromatic rings. The number of hydrogen-bond donors (Lipinski definition) is 0. The molecule has 0 radical (unpaired) electrons. The van der Waals surface area contributed by atoms with Crippen molar-refractivity contribution in [3.63, 3.8) is 0 Å². The Hall–Kier alpha value is -3.00. The van der Waals surface area contributed by atoms with Crippen LogP contribution < -0.4 is 5.56 Å². The van der Waals surface area contributed by atoms with E-state index in [1.165, 1.54) is 11.1 Å². The Morgan fingerprint density at radius 3 is 2.53 bits per heavy atom. The number of nitrogens with zero attached hydrogens (tertiary/aromatic N) is 4. The van der Waals surface area contributed by atoms with Gasteiger partial charge in [-0.2, -0.15) is 9.78 Å². The standard InChI is InChI=1S/C23H13BrCl2N4O2/c1-12-5-13(19-10-27-11-32-19)7-14(6-12)20-16-3-2-4-28-21(16)23(31)30(29-20)22-17(25)8-15(24)9-18(22)26/h2-11H,1H3. The zero-order chi connectivity index (χ0) is 22.4. The fourth-order valence-electron chi connectivity index (χ4n) is 3.59. The van der Waals surface area contributed by atoms with E-state index in [-0.39, 0.29) is 15.6 Å². The minimum absolute atomic E-state index is 0.260. The van der Waals surface area contributed by atoms with Gasteiger partial charge in [0.2, 0.25) is 0 Å². The first-order valence-corrected chi connectivity index (χ1v) is 11.0. The van der Waals surface area contributed by atoms with Gasteiger partial charge >= 0.3 is 0 Å². The predicted molar refractivity (Wildman–Crippen MR) is 129 cm³/mol. The van der Waals surface area contributed by atoms with Crippen LogP contribution in [0.15, 0.2) is 74.9 Å². The van der Waals surface area contributed by atoms with E-state index in [1.54, 1.807) is 30.6 Å². The largest absolute Gasteiger partial charge is 0.444 e. The van der Waals surface area contributed by atoms with Crippen molar-refractivity contribution in [2.75, 3.05) is 0 Å². The first-order chi connectivity index (χ1) is 15.4. The smallest absolute Gasteiger partial charge is 0.298 e. The molecule has 3 aromatic heterocycles. The number of fused-ring (bicyclic) bond motifs is 1. The van der Waals surface area contributed by atoms with E-state index >= 15 is 0 Å². The molecule has 0 saturated heterocycles. The first kappa shape index (κ1) is 20.9. The number of hydrogen-bond acceptors (Lipinski definition) is 5. The molecule has 0 bridgehead atoms. The van der Waals surface area contributed by atoms with Crippen LogP contribution in [0.25, 0.3) is 39.2 Å². The van der Waals surface area contributed by atoms with Gasteiger partial charge < -0.3 is 4.42 Å². The van der Waals surface area contributed by atoms with Gasteiger partial charge in [-0.3, -0.25) is 9.78 Å². The van der Waals surface area contributed by atoms with Crippen LogP contribution >= 0.6 is 39.1 Å². The zero-order valence-electron chi connectivity index (χ0n) is 16.5. The summed E-state index contributed by atoms with van der Waals surface area (Å²) in [6, 6.07) is 12.8. The predicted octanol–water partition coefficient (Wildman–Crippen LogP) is 6.48. The lowest BCUT2D eigenvalue weighted by Gasteiger charge is -2.14. The second-order valence-electron chi connectivity index (χ2n) is 7.14. The number of aromatic nitrogens is 4. The van der Waals surface area contributed by atoms with Crippen molar-refractivity contribution in [2.24, 2.45) is 0 Å². The van der Waals surface area contributed by atoms with Gasteiger partial charge in [0.05, 0.1) is 16.2 Å². The van der Waals surface area contributed by atoms with Gasteiger partial charge in [-0.1, -0.05) is 39.1 Å². The summed E-state index contributed by atoms with van der Waals surface area (Å²) in [5.41, 5.74) is 3.31. The van der Waals surface area contributed by atoms with Gasteiger partial charge in [-0.15, -0.1) is 0 Å². The molecule has 2 aromatic carbocycles. The number of aryl methyl sites for hydroxylation is 1. The van der Waals surface area contributed by atoms with Crippen LogP contribution in [0.1, 0.15) is 5.56 Å². The molecule has 9 heteroatoms. The second kappa shape index (κ2) is 8.16. The molecule has 0 fully saturated rings. The maximum Gasteiger partial charge on any atom is 0.298 e. The Labute approximate surface area is 200 Å². The molecular weight excluding hydrogens is 515 g/mol. The Kier molecular flexibility index (Phi) is 5.33. The van der Waals surface area contributed by atoms with E-state index in [1.807, 2.05) is 31.2 Å². The van der Waals surface area contributed by atoms with Crippen molar-refractivity contribution in [3.8, 4) is 28.3 Å². The molecule has 5 rings (SSSR count). The van der Waals surface area contributed by atoms with Gasteiger partial charge in [0.1, 0.15) is 16.9 Å². The third kappa shape index (κ3) is 3.62. The number of rotatable bonds is 3. The molecular formula is C23H13BrCl2N4O2. The highest BCUT2D eigenvalue weighted by molar-refractivity contribution is 9.10. The van der Waals surface area contributed by atoms with Crippen molar-refractivity contribution in [3.05, 3.63) is 91.7 Å². The van der Waals surface area contributed by atoms with Gasteiger partial charge in [0.15, 0.2) is 12.2 Å². The van der Waals surface area contributed by atoms with E-state index < -0.39 is 5.56 Å². The summed E-state index contributed by atoms with van der Waals surface area (Å²) in [5.74, 6) is 0.629. The summed E-state index contributed by atoms with van der Waals surface area (Å²) in [7, 11) is 0. The van der Waals surface area contributed by atoms with Crippen molar-refractivity contribution in [1.82, 2.24) is 19.7 Å². The third-order valence-electron chi connectivity index (χ3n) is 4.92. The van der Waals surface area contributed by atoms with Crippen LogP contribution in [0.3, 0.4) is 0 Å². The number of halogens is 3. The topological polar surface area (TPSA) is 73.8 Å². The van der Waals surface area contributed by atoms with Gasteiger partial charge in [0, 0.05) is 27.2 Å². The second-order valence-corrected chi connectivity index (χ2v) is 8.87. The average molecular weight is 528 g/mol. The number of pyridine rings is 1. The van der Waals surface area contributed by atoms with Crippen LogP contribution in [0, 0.1) is 6.92 Å². The van der Waals surface area contributed by atoms with Crippen LogP contribution in [0.2, 0.25) is 10.0 Å². The minimum Gasteiger partial charge on any atom is -0.444 e. The van der Waals surface area contributed by atoms with E-state index in [9.17, 15) is 4.79 Å². The molecule has 0 amide bonds. The molecule has 0 aliphatic rings. The Morgan fingerprint density at radius 2 is 1.81 bits per heavy atom. The van der Waals surface area contributed by atoms with Crippen LogP contribution in [0.5, 0.6) is 0 Å². The Bertz CT molecular complexity index is 1530. The van der Waals surface area contributed by atoms with Crippen molar-refractivity contribution < 1.29 is 4.42 Å². The fraction of sp³-hybridized carbons (Fsp3) is 0.0435. The molecule has 0 N–H and O–H groups in total. The molecule has 0 spiro atoms. The van der Waals surface area contributed by atoms with Crippen molar-refractivity contribution in [2.45, 2.75) is 6.92 Å². The van der Waals surface area contributed by atoms with Crippen LogP contribution in [-0.4, -0.2) is 19.7 Å². The van der Waals surface area contributed by atoms with Gasteiger partial charge in [-0.25, -0.2) is 4.98 Å². The Balaban J connectivity index is 1.85. The minimum atomic E-state index is -0.418. The molecule has 158 valence electrons. The lowest BCUT2D eigenvalue weighted by atomic mass is 10.0. The Morgan fingerprint density at radius 1 is 1.06 bits per heavy atom. The quantitative estimate of drug-likeness (QED) is 0.268. The van der Waals surface area contributed by atoms with Gasteiger partial charge in [-0.05, 0) is 55.0 Å². The summed E-state index contributed by atoms with van der Waals surface area (Å²) in [6.07, 6.45) is 4.60. The summed E-state index contributed by atoms with van der Waals surface area (Å²) >= 11 is 16.3. The van der Waals surface area contributed by atoms with E-state index in [2.05, 4.69) is 31.0 Å². The normalized spacial score (nSPS) is 11.2. The summed E-state index contributed by atoms with van der Waals surface area (Å²) < 4.78 is 7.37. The molecule has 0 atom stereocenters. The summed E-state index contributed by atoms with van der Waals surface area (Å²) in [5, 5.41) is 5.88. The molecule has 0 unspecified atom stereocenters. The number of oxazole rings is 1. The average Bonchev–Trinajstić information content (AvgIpc) is 3.29. The molecule has 32 heavy (non-hydrogen) atoms. The molecule has 0 saturated carbocycles.